The quantitative estimate of drug-likeness (QED) is 0.384. The highest BCUT2D eigenvalue weighted by atomic mass is 79.9. The van der Waals surface area contributed by atoms with Gasteiger partial charge in [0.05, 0.1) is 6.61 Å². The summed E-state index contributed by atoms with van der Waals surface area (Å²) < 4.78 is 10.7. The number of piperidine rings is 1. The van der Waals surface area contributed by atoms with Crippen molar-refractivity contribution < 1.29 is 23.9 Å². The number of amides is 1. The van der Waals surface area contributed by atoms with E-state index in [-0.39, 0.29) is 38.3 Å². The van der Waals surface area contributed by atoms with Gasteiger partial charge in [0.25, 0.3) is 0 Å². The predicted octanol–water partition coefficient (Wildman–Crippen LogP) is 3.88. The Hall–Kier alpha value is -1.89. The number of carbonyl (C=O) groups is 3. The van der Waals surface area contributed by atoms with E-state index in [1.54, 1.807) is 27.7 Å². The number of Topliss-reactive ketones (excluding diaryl/α,β-unsaturated/α-hetero) is 1. The smallest absolute Gasteiger partial charge is 0.410 e. The van der Waals surface area contributed by atoms with Gasteiger partial charge in [-0.05, 0) is 45.2 Å². The molecule has 2 rings (SSSR count). The van der Waals surface area contributed by atoms with Crippen molar-refractivity contribution in [2.24, 2.45) is 5.41 Å². The summed E-state index contributed by atoms with van der Waals surface area (Å²) in [6.07, 6.45) is -0.247. The maximum absolute atomic E-state index is 13.0. The molecule has 1 amide bonds. The second-order valence-corrected chi connectivity index (χ2v) is 8.52. The summed E-state index contributed by atoms with van der Waals surface area (Å²) in [6.45, 7) is 7.41. The molecule has 0 bridgehead atoms. The number of esters is 1. The Morgan fingerprint density at radius 1 is 1.21 bits per heavy atom. The van der Waals surface area contributed by atoms with Crippen molar-refractivity contribution >= 4 is 33.8 Å². The molecule has 1 aliphatic heterocycles. The second kappa shape index (κ2) is 9.07. The molecule has 1 fully saturated rings. The molecule has 1 aromatic rings. The Morgan fingerprint density at radius 2 is 1.86 bits per heavy atom. The summed E-state index contributed by atoms with van der Waals surface area (Å²) in [7, 11) is 0. The fourth-order valence-electron chi connectivity index (χ4n) is 3.31. The van der Waals surface area contributed by atoms with Crippen LogP contribution in [0.1, 0.15) is 45.2 Å². The molecular weight excluding hydrogens is 426 g/mol. The van der Waals surface area contributed by atoms with E-state index in [1.807, 2.05) is 24.3 Å². The average Bonchev–Trinajstić information content (AvgIpc) is 2.62. The number of halogens is 1. The first-order chi connectivity index (χ1) is 13.1. The Bertz CT molecular complexity index is 743. The molecule has 6 nitrogen and oxygen atoms in total. The van der Waals surface area contributed by atoms with Gasteiger partial charge in [0.1, 0.15) is 11.0 Å². The van der Waals surface area contributed by atoms with Crippen LogP contribution < -0.4 is 0 Å². The molecule has 1 heterocycles. The molecule has 7 heteroatoms. The summed E-state index contributed by atoms with van der Waals surface area (Å²) in [5, 5.41) is 0.603. The third kappa shape index (κ3) is 5.13. The topological polar surface area (TPSA) is 72.9 Å². The normalized spacial score (nSPS) is 20.0. The molecule has 154 valence electrons. The minimum Gasteiger partial charge on any atom is -0.465 e. The monoisotopic (exact) mass is 453 g/mol. The number of rotatable bonds is 5. The van der Waals surface area contributed by atoms with Crippen molar-refractivity contribution in [3.8, 4) is 0 Å². The maximum Gasteiger partial charge on any atom is 0.410 e. The van der Waals surface area contributed by atoms with Crippen molar-refractivity contribution in [2.45, 2.75) is 51.5 Å². The van der Waals surface area contributed by atoms with Crippen molar-refractivity contribution in [1.82, 2.24) is 4.90 Å². The van der Waals surface area contributed by atoms with Crippen LogP contribution in [0.2, 0.25) is 0 Å². The summed E-state index contributed by atoms with van der Waals surface area (Å²) in [5.74, 6) is -0.784. The average molecular weight is 454 g/mol. The van der Waals surface area contributed by atoms with E-state index in [0.29, 0.717) is 5.33 Å². The first-order valence-electron chi connectivity index (χ1n) is 9.44. The van der Waals surface area contributed by atoms with E-state index < -0.39 is 23.1 Å². The van der Waals surface area contributed by atoms with Gasteiger partial charge in [-0.15, -0.1) is 0 Å². The SMILES string of the molecule is CCOC(=O)C1(Cc2ccccc2CBr)CN(C(=O)OC(C)(C)C)CCC1=O. The van der Waals surface area contributed by atoms with Gasteiger partial charge >= 0.3 is 12.1 Å². The second-order valence-electron chi connectivity index (χ2n) is 7.96. The van der Waals surface area contributed by atoms with Crippen LogP contribution in [-0.2, 0) is 30.8 Å². The van der Waals surface area contributed by atoms with Crippen molar-refractivity contribution in [3.05, 3.63) is 35.4 Å². The van der Waals surface area contributed by atoms with Crippen molar-refractivity contribution in [1.29, 1.82) is 0 Å². The number of nitrogens with zero attached hydrogens (tertiary/aromatic N) is 1. The number of likely N-dealkylation sites (tertiary alicyclic amines) is 1. The van der Waals surface area contributed by atoms with Crippen LogP contribution in [0.25, 0.3) is 0 Å². The number of hydrogen-bond acceptors (Lipinski definition) is 5. The van der Waals surface area contributed by atoms with Gasteiger partial charge in [0.15, 0.2) is 5.78 Å². The van der Waals surface area contributed by atoms with E-state index in [9.17, 15) is 14.4 Å². The van der Waals surface area contributed by atoms with Crippen LogP contribution in [0.4, 0.5) is 4.79 Å². The molecule has 1 aromatic carbocycles. The van der Waals surface area contributed by atoms with Gasteiger partial charge < -0.3 is 14.4 Å². The largest absolute Gasteiger partial charge is 0.465 e. The molecule has 0 aliphatic carbocycles. The van der Waals surface area contributed by atoms with E-state index in [1.165, 1.54) is 4.90 Å². The van der Waals surface area contributed by atoms with Gasteiger partial charge in [-0.2, -0.15) is 0 Å². The third-order valence-electron chi connectivity index (χ3n) is 4.68. The molecule has 0 spiro atoms. The molecule has 0 radical (unpaired) electrons. The summed E-state index contributed by atoms with van der Waals surface area (Å²) >= 11 is 3.46. The molecule has 0 saturated carbocycles. The minimum atomic E-state index is -1.43. The fourth-order valence-corrected chi connectivity index (χ4v) is 3.86. The molecule has 0 N–H and O–H groups in total. The molecular formula is C21H28BrNO5. The molecule has 1 aliphatic rings. The van der Waals surface area contributed by atoms with Crippen LogP contribution in [0.3, 0.4) is 0 Å². The molecule has 0 aromatic heterocycles. The lowest BCUT2D eigenvalue weighted by Gasteiger charge is -2.40. The predicted molar refractivity (Wildman–Crippen MR) is 109 cm³/mol. The highest BCUT2D eigenvalue weighted by molar-refractivity contribution is 9.08. The Labute approximate surface area is 174 Å². The lowest BCUT2D eigenvalue weighted by Crippen LogP contribution is -2.57. The van der Waals surface area contributed by atoms with Gasteiger partial charge in [0.2, 0.25) is 0 Å². The lowest BCUT2D eigenvalue weighted by atomic mass is 9.73. The number of hydrogen-bond donors (Lipinski definition) is 0. The first-order valence-corrected chi connectivity index (χ1v) is 10.6. The van der Waals surface area contributed by atoms with Crippen molar-refractivity contribution in [3.63, 3.8) is 0 Å². The van der Waals surface area contributed by atoms with Gasteiger partial charge in [-0.25, -0.2) is 4.79 Å². The number of carbonyl (C=O) groups excluding carboxylic acids is 3. The fraction of sp³-hybridized carbons (Fsp3) is 0.571. The third-order valence-corrected chi connectivity index (χ3v) is 5.28. The Kier molecular flexibility index (Phi) is 7.26. The Balaban J connectivity index is 2.40. The van der Waals surface area contributed by atoms with E-state index in [4.69, 9.17) is 9.47 Å². The lowest BCUT2D eigenvalue weighted by molar-refractivity contribution is -0.163. The molecule has 1 atom stereocenters. The summed E-state index contributed by atoms with van der Waals surface area (Å²) in [6, 6.07) is 7.63. The highest BCUT2D eigenvalue weighted by Gasteiger charge is 2.52. The maximum atomic E-state index is 13.0. The zero-order valence-corrected chi connectivity index (χ0v) is 18.5. The van der Waals surface area contributed by atoms with Crippen LogP contribution in [0.15, 0.2) is 24.3 Å². The number of alkyl halides is 1. The molecule has 1 unspecified atom stereocenters. The van der Waals surface area contributed by atoms with E-state index in [0.717, 1.165) is 11.1 Å². The van der Waals surface area contributed by atoms with Crippen LogP contribution >= 0.6 is 15.9 Å². The Morgan fingerprint density at radius 3 is 2.43 bits per heavy atom. The van der Waals surface area contributed by atoms with Gasteiger partial charge in [0, 0.05) is 24.8 Å². The molecule has 1 saturated heterocycles. The first kappa shape index (κ1) is 22.4. The highest BCUT2D eigenvalue weighted by Crippen LogP contribution is 2.34. The molecule has 28 heavy (non-hydrogen) atoms. The summed E-state index contributed by atoms with van der Waals surface area (Å²) in [4.78, 5) is 40.0. The van der Waals surface area contributed by atoms with Gasteiger partial charge in [-0.1, -0.05) is 40.2 Å². The zero-order valence-electron chi connectivity index (χ0n) is 16.9. The van der Waals surface area contributed by atoms with E-state index >= 15 is 0 Å². The van der Waals surface area contributed by atoms with Crippen LogP contribution in [0, 0.1) is 5.41 Å². The van der Waals surface area contributed by atoms with Gasteiger partial charge in [-0.3, -0.25) is 9.59 Å². The van der Waals surface area contributed by atoms with Crippen molar-refractivity contribution in [2.75, 3.05) is 19.7 Å². The van der Waals surface area contributed by atoms with E-state index in [2.05, 4.69) is 15.9 Å². The number of ketones is 1. The summed E-state index contributed by atoms with van der Waals surface area (Å²) in [5.41, 5.74) is -0.211. The van der Waals surface area contributed by atoms with Crippen LogP contribution in [-0.4, -0.2) is 48.0 Å². The number of ether oxygens (including phenoxy) is 2. The number of benzene rings is 1. The standard InChI is InChI=1S/C21H28BrNO5/c1-5-27-18(25)21(12-15-8-6-7-9-16(15)13-22)14-23(11-10-17(21)24)19(26)28-20(2,3)4/h6-9H,5,10-14H2,1-4H3. The zero-order chi connectivity index (χ0) is 20.9. The minimum absolute atomic E-state index is 0.0454. The van der Waals surface area contributed by atoms with Crippen LogP contribution in [0.5, 0.6) is 0 Å².